The Morgan fingerprint density at radius 3 is 2.67 bits per heavy atom. The fourth-order valence-corrected chi connectivity index (χ4v) is 1.56. The number of rotatable bonds is 6. The quantitative estimate of drug-likeness (QED) is 0.741. The Balaban J connectivity index is 2.29. The molecule has 0 unspecified atom stereocenters. The number of hydrogen-bond acceptors (Lipinski definition) is 2. The molecular weight excluding hydrogens is 210 g/mol. The van der Waals surface area contributed by atoms with E-state index in [2.05, 4.69) is 18.9 Å². The molecule has 0 fully saturated rings. The summed E-state index contributed by atoms with van der Waals surface area (Å²) in [5, 5.41) is 0.677. The molecule has 3 heteroatoms. The normalized spacial score (nSPS) is 10.7. The highest BCUT2D eigenvalue weighted by molar-refractivity contribution is 6.32. The third-order valence-electron chi connectivity index (χ3n) is 2.17. The van der Waals surface area contributed by atoms with E-state index in [1.54, 1.807) is 0 Å². The van der Waals surface area contributed by atoms with Crippen LogP contribution in [0.3, 0.4) is 0 Å². The lowest BCUT2D eigenvalue weighted by atomic mass is 10.3. The van der Waals surface area contributed by atoms with Crippen LogP contribution in [0.15, 0.2) is 24.3 Å². The maximum atomic E-state index is 5.96. The lowest BCUT2D eigenvalue weighted by molar-refractivity contribution is 0.238. The Labute approximate surface area is 96.8 Å². The van der Waals surface area contributed by atoms with Crippen LogP contribution in [0.25, 0.3) is 0 Å². The number of halogens is 1. The van der Waals surface area contributed by atoms with Gasteiger partial charge < -0.3 is 9.64 Å². The minimum Gasteiger partial charge on any atom is -0.491 e. The first-order valence-electron chi connectivity index (χ1n) is 5.30. The summed E-state index contributed by atoms with van der Waals surface area (Å²) in [5.74, 6) is 0.768. The third-order valence-corrected chi connectivity index (χ3v) is 2.48. The summed E-state index contributed by atoms with van der Waals surface area (Å²) in [5.41, 5.74) is 0. The third kappa shape index (κ3) is 4.54. The summed E-state index contributed by atoms with van der Waals surface area (Å²) < 4.78 is 5.58. The van der Waals surface area contributed by atoms with E-state index in [1.165, 1.54) is 6.42 Å². The van der Waals surface area contributed by atoms with E-state index in [4.69, 9.17) is 16.3 Å². The van der Waals surface area contributed by atoms with E-state index in [0.717, 1.165) is 18.8 Å². The van der Waals surface area contributed by atoms with Gasteiger partial charge in [0.15, 0.2) is 0 Å². The summed E-state index contributed by atoms with van der Waals surface area (Å²) in [7, 11) is 2.10. The summed E-state index contributed by atoms with van der Waals surface area (Å²) in [6.45, 7) is 4.89. The van der Waals surface area contributed by atoms with Crippen LogP contribution in [0, 0.1) is 0 Å². The van der Waals surface area contributed by atoms with Crippen LogP contribution in [-0.2, 0) is 0 Å². The summed E-state index contributed by atoms with van der Waals surface area (Å²) in [4.78, 5) is 2.25. The van der Waals surface area contributed by atoms with Crippen molar-refractivity contribution in [2.75, 3.05) is 26.7 Å². The number of para-hydroxylation sites is 1. The SMILES string of the molecule is CCCN(C)CCOc1ccccc1Cl. The summed E-state index contributed by atoms with van der Waals surface area (Å²) in [6.07, 6.45) is 1.17. The molecule has 0 atom stereocenters. The van der Waals surface area contributed by atoms with E-state index in [9.17, 15) is 0 Å². The van der Waals surface area contributed by atoms with Gasteiger partial charge in [-0.2, -0.15) is 0 Å². The molecule has 1 aromatic carbocycles. The first-order chi connectivity index (χ1) is 7.24. The second kappa shape index (κ2) is 6.70. The second-order valence-corrected chi connectivity index (χ2v) is 3.99. The van der Waals surface area contributed by atoms with Crippen LogP contribution in [0.2, 0.25) is 5.02 Å². The molecular formula is C12H18ClNO. The molecule has 0 saturated heterocycles. The molecule has 84 valence electrons. The molecule has 15 heavy (non-hydrogen) atoms. The van der Waals surface area contributed by atoms with Crippen molar-refractivity contribution >= 4 is 11.6 Å². The van der Waals surface area contributed by atoms with Crippen molar-refractivity contribution < 1.29 is 4.74 Å². The molecule has 0 radical (unpaired) electrons. The fraction of sp³-hybridized carbons (Fsp3) is 0.500. The van der Waals surface area contributed by atoms with Crippen molar-refractivity contribution in [2.45, 2.75) is 13.3 Å². The standard InChI is InChI=1S/C12H18ClNO/c1-3-8-14(2)9-10-15-12-7-5-4-6-11(12)13/h4-7H,3,8-10H2,1-2H3. The molecule has 0 amide bonds. The van der Waals surface area contributed by atoms with Crippen molar-refractivity contribution in [3.8, 4) is 5.75 Å². The topological polar surface area (TPSA) is 12.5 Å². The maximum absolute atomic E-state index is 5.96. The Kier molecular flexibility index (Phi) is 5.51. The van der Waals surface area contributed by atoms with Gasteiger partial charge in [0.1, 0.15) is 12.4 Å². The van der Waals surface area contributed by atoms with Gasteiger partial charge in [-0.15, -0.1) is 0 Å². The van der Waals surface area contributed by atoms with E-state index in [0.29, 0.717) is 11.6 Å². The molecule has 0 aliphatic heterocycles. The van der Waals surface area contributed by atoms with Crippen molar-refractivity contribution in [3.63, 3.8) is 0 Å². The molecule has 0 aliphatic carbocycles. The van der Waals surface area contributed by atoms with Crippen LogP contribution in [0.4, 0.5) is 0 Å². The molecule has 1 aromatic rings. The highest BCUT2D eigenvalue weighted by Crippen LogP contribution is 2.22. The predicted molar refractivity (Wildman–Crippen MR) is 64.7 cm³/mol. The van der Waals surface area contributed by atoms with Crippen LogP contribution >= 0.6 is 11.6 Å². The number of hydrogen-bond donors (Lipinski definition) is 0. The van der Waals surface area contributed by atoms with Gasteiger partial charge in [0, 0.05) is 6.54 Å². The van der Waals surface area contributed by atoms with E-state index >= 15 is 0 Å². The average molecular weight is 228 g/mol. The zero-order chi connectivity index (χ0) is 11.1. The molecule has 0 N–H and O–H groups in total. The molecule has 1 rings (SSSR count). The lowest BCUT2D eigenvalue weighted by Crippen LogP contribution is -2.24. The van der Waals surface area contributed by atoms with Crippen molar-refractivity contribution in [2.24, 2.45) is 0 Å². The maximum Gasteiger partial charge on any atom is 0.137 e. The average Bonchev–Trinajstić information content (AvgIpc) is 2.21. The number of likely N-dealkylation sites (N-methyl/N-ethyl adjacent to an activating group) is 1. The molecule has 0 heterocycles. The van der Waals surface area contributed by atoms with Gasteiger partial charge in [-0.05, 0) is 32.1 Å². The zero-order valence-electron chi connectivity index (χ0n) is 9.37. The van der Waals surface area contributed by atoms with Crippen molar-refractivity contribution in [3.05, 3.63) is 29.3 Å². The monoisotopic (exact) mass is 227 g/mol. The van der Waals surface area contributed by atoms with E-state index < -0.39 is 0 Å². The van der Waals surface area contributed by atoms with Gasteiger partial charge in [0.25, 0.3) is 0 Å². The number of ether oxygens (including phenoxy) is 1. The van der Waals surface area contributed by atoms with E-state index in [-0.39, 0.29) is 0 Å². The van der Waals surface area contributed by atoms with Gasteiger partial charge >= 0.3 is 0 Å². The van der Waals surface area contributed by atoms with Gasteiger partial charge in [-0.25, -0.2) is 0 Å². The van der Waals surface area contributed by atoms with Crippen LogP contribution in [-0.4, -0.2) is 31.6 Å². The van der Waals surface area contributed by atoms with Gasteiger partial charge in [0.05, 0.1) is 5.02 Å². The summed E-state index contributed by atoms with van der Waals surface area (Å²) >= 11 is 5.96. The Hall–Kier alpha value is -0.730. The van der Waals surface area contributed by atoms with Gasteiger partial charge in [-0.3, -0.25) is 0 Å². The predicted octanol–water partition coefficient (Wildman–Crippen LogP) is 3.06. The molecule has 2 nitrogen and oxygen atoms in total. The van der Waals surface area contributed by atoms with Gasteiger partial charge in [-0.1, -0.05) is 30.7 Å². The molecule has 0 saturated carbocycles. The largest absolute Gasteiger partial charge is 0.491 e. The lowest BCUT2D eigenvalue weighted by Gasteiger charge is -2.16. The van der Waals surface area contributed by atoms with Crippen LogP contribution in [0.1, 0.15) is 13.3 Å². The smallest absolute Gasteiger partial charge is 0.137 e. The highest BCUT2D eigenvalue weighted by Gasteiger charge is 2.00. The molecule has 0 aliphatic rings. The minimum absolute atomic E-state index is 0.677. The second-order valence-electron chi connectivity index (χ2n) is 3.58. The molecule has 0 aromatic heterocycles. The van der Waals surface area contributed by atoms with Crippen molar-refractivity contribution in [1.82, 2.24) is 4.90 Å². The molecule has 0 spiro atoms. The minimum atomic E-state index is 0.677. The highest BCUT2D eigenvalue weighted by atomic mass is 35.5. The van der Waals surface area contributed by atoms with Crippen LogP contribution < -0.4 is 4.74 Å². The Morgan fingerprint density at radius 2 is 2.00 bits per heavy atom. The fourth-order valence-electron chi connectivity index (χ4n) is 1.37. The first-order valence-corrected chi connectivity index (χ1v) is 5.67. The number of nitrogens with zero attached hydrogens (tertiary/aromatic N) is 1. The summed E-state index contributed by atoms with van der Waals surface area (Å²) in [6, 6.07) is 7.56. The van der Waals surface area contributed by atoms with E-state index in [1.807, 2.05) is 24.3 Å². The Bertz CT molecular complexity index is 291. The Morgan fingerprint density at radius 1 is 1.27 bits per heavy atom. The van der Waals surface area contributed by atoms with Gasteiger partial charge in [0.2, 0.25) is 0 Å². The molecule has 0 bridgehead atoms. The van der Waals surface area contributed by atoms with Crippen LogP contribution in [0.5, 0.6) is 5.75 Å². The first kappa shape index (κ1) is 12.3. The zero-order valence-corrected chi connectivity index (χ0v) is 10.1. The van der Waals surface area contributed by atoms with Crippen molar-refractivity contribution in [1.29, 1.82) is 0 Å². The number of benzene rings is 1.